The summed E-state index contributed by atoms with van der Waals surface area (Å²) in [6, 6.07) is 15.3. The third kappa shape index (κ3) is 13.4. The molecule has 0 spiro atoms. The van der Waals surface area contributed by atoms with Gasteiger partial charge in [0.25, 0.3) is 0 Å². The van der Waals surface area contributed by atoms with E-state index in [2.05, 4.69) is 15.6 Å². The number of para-hydroxylation sites is 1. The van der Waals surface area contributed by atoms with Crippen LogP contribution in [0.15, 0.2) is 48.5 Å². The van der Waals surface area contributed by atoms with Crippen molar-refractivity contribution in [2.24, 2.45) is 0 Å². The summed E-state index contributed by atoms with van der Waals surface area (Å²) in [5.74, 6) is -0.255. The van der Waals surface area contributed by atoms with Crippen molar-refractivity contribution in [2.45, 2.75) is 148 Å². The molecule has 1 fully saturated rings. The number of rotatable bonds is 24. The van der Waals surface area contributed by atoms with Gasteiger partial charge in [0.05, 0.1) is 54.6 Å². The van der Waals surface area contributed by atoms with Crippen LogP contribution in [-0.4, -0.2) is 102 Å². The highest BCUT2D eigenvalue weighted by Gasteiger charge is 2.39. The molecule has 1 saturated heterocycles. The van der Waals surface area contributed by atoms with Crippen LogP contribution < -0.4 is 10.2 Å². The highest BCUT2D eigenvalue weighted by Crippen LogP contribution is 2.50. The number of unbranched alkanes of at least 4 members (excludes halogenated alkanes) is 6. The molecule has 4 N–H and O–H groups in total. The van der Waals surface area contributed by atoms with Gasteiger partial charge in [-0.15, -0.1) is 5.10 Å². The number of carbonyl (C=O) groups is 3. The minimum atomic E-state index is -3.80. The second-order valence-electron chi connectivity index (χ2n) is 16.9. The largest absolute Gasteiger partial charge is 0.394 e. The molecule has 18 heteroatoms. The number of anilines is 1. The molecule has 3 aromatic rings. The van der Waals surface area contributed by atoms with E-state index in [1.54, 1.807) is 32.6 Å². The van der Waals surface area contributed by atoms with Crippen LogP contribution in [0.3, 0.4) is 0 Å². The predicted octanol–water partition coefficient (Wildman–Crippen LogP) is 7.44. The maximum atomic E-state index is 13.9. The SMILES string of the molecule is CC(C)P(=O)(O)OCCCCCCn1nnc2c1-c1ccccc1CN(C(=O)CCCCC(=O)NCCCCCC(=O)N1C[C@H](OP(=O)(O)C(C)C)C[C@H]1CO)c1ccccc1-2. The number of aliphatic hydroxyl groups is 1. The maximum Gasteiger partial charge on any atom is 0.330 e. The van der Waals surface area contributed by atoms with Gasteiger partial charge in [0.1, 0.15) is 5.69 Å². The smallest absolute Gasteiger partial charge is 0.330 e. The molecule has 0 radical (unpaired) electrons. The average molecular weight is 901 g/mol. The number of nitrogens with one attached hydrogen (secondary N) is 1. The lowest BCUT2D eigenvalue weighted by molar-refractivity contribution is -0.133. The lowest BCUT2D eigenvalue weighted by Gasteiger charge is -2.28. The molecule has 0 aliphatic carbocycles. The van der Waals surface area contributed by atoms with Crippen LogP contribution >= 0.6 is 15.2 Å². The van der Waals surface area contributed by atoms with Gasteiger partial charge >= 0.3 is 15.2 Å². The van der Waals surface area contributed by atoms with Crippen LogP contribution in [0.2, 0.25) is 0 Å². The molecule has 0 saturated carbocycles. The first-order valence-electron chi connectivity index (χ1n) is 22.2. The molecule has 5 rings (SSSR count). The molecule has 2 aliphatic rings. The number of hydrogen-bond donors (Lipinski definition) is 4. The number of amides is 3. The molecule has 4 atom stereocenters. The van der Waals surface area contributed by atoms with Crippen LogP contribution in [0.5, 0.6) is 0 Å². The van der Waals surface area contributed by atoms with E-state index >= 15 is 0 Å². The van der Waals surface area contributed by atoms with E-state index in [9.17, 15) is 38.4 Å². The highest BCUT2D eigenvalue weighted by atomic mass is 31.2. The van der Waals surface area contributed by atoms with Gasteiger partial charge in [-0.05, 0) is 56.6 Å². The standard InChI is InChI=1S/C44H66N6O10P2/c1-32(2)61(55,56)59-27-17-6-5-16-26-50-44-37-19-10-9-18-34(37)29-49(39-21-12-11-20-38(39)43(44)46-47-50)42(54)24-14-13-22-40(52)45-25-15-7-8-23-41(53)48-30-36(28-35(48)31-51)60-62(57,58)33(3)4/h9-12,18-21,32-33,35-36,51H,5-8,13-17,22-31H2,1-4H3,(H,45,52)(H,55,56)(H,57,58)/t35-,36+/m0/s1. The normalized spacial score (nSPS) is 18.1. The summed E-state index contributed by atoms with van der Waals surface area (Å²) >= 11 is 0. The topological polar surface area (TPSA) is 214 Å². The van der Waals surface area contributed by atoms with Crippen molar-refractivity contribution in [1.82, 2.24) is 25.2 Å². The van der Waals surface area contributed by atoms with Gasteiger partial charge in [0.2, 0.25) is 17.7 Å². The van der Waals surface area contributed by atoms with E-state index in [0.717, 1.165) is 53.8 Å². The minimum absolute atomic E-state index is 0.0424. The molecule has 2 aromatic carbocycles. The number of aryl methyl sites for hydroxylation is 1. The number of aliphatic hydroxyl groups excluding tert-OH is 1. The summed E-state index contributed by atoms with van der Waals surface area (Å²) in [5.41, 5.74) is 4.16. The first-order valence-corrected chi connectivity index (χ1v) is 25.5. The minimum Gasteiger partial charge on any atom is -0.394 e. The third-order valence-corrected chi connectivity index (χ3v) is 15.3. The van der Waals surface area contributed by atoms with Crippen LogP contribution in [0.4, 0.5) is 5.69 Å². The summed E-state index contributed by atoms with van der Waals surface area (Å²) in [6.07, 6.45) is 6.99. The Hall–Kier alpha value is -3.75. The van der Waals surface area contributed by atoms with Gasteiger partial charge in [-0.1, -0.05) is 94.6 Å². The Morgan fingerprint density at radius 3 is 2.19 bits per heavy atom. The van der Waals surface area contributed by atoms with Crippen molar-refractivity contribution in [3.8, 4) is 22.5 Å². The summed E-state index contributed by atoms with van der Waals surface area (Å²) < 4.78 is 37.0. The summed E-state index contributed by atoms with van der Waals surface area (Å²) in [6.45, 7) is 8.25. The maximum absolute atomic E-state index is 13.9. The molecule has 62 heavy (non-hydrogen) atoms. The highest BCUT2D eigenvalue weighted by molar-refractivity contribution is 7.53. The second kappa shape index (κ2) is 23.3. The quantitative estimate of drug-likeness (QED) is 0.0510. The third-order valence-electron chi connectivity index (χ3n) is 11.6. The Balaban J connectivity index is 1.05. The molecule has 3 heterocycles. The van der Waals surface area contributed by atoms with E-state index < -0.39 is 38.7 Å². The van der Waals surface area contributed by atoms with Crippen molar-refractivity contribution in [3.63, 3.8) is 0 Å². The number of hydrogen-bond acceptors (Lipinski definition) is 10. The Labute approximate surface area is 365 Å². The number of fused-ring (bicyclic) bond motifs is 5. The first-order chi connectivity index (χ1) is 29.6. The first kappa shape index (κ1) is 49.3. The molecule has 1 aromatic heterocycles. The molecular formula is C44H66N6O10P2. The number of likely N-dealkylation sites (tertiary alicyclic amines) is 1. The fourth-order valence-corrected chi connectivity index (χ4v) is 9.27. The molecule has 342 valence electrons. The summed E-state index contributed by atoms with van der Waals surface area (Å²) in [5, 5.41) is 22.0. The number of carbonyl (C=O) groups excluding carboxylic acids is 3. The fraction of sp³-hybridized carbons (Fsp3) is 0.614. The fourth-order valence-electron chi connectivity index (χ4n) is 7.75. The van der Waals surface area contributed by atoms with Gasteiger partial charge in [-0.25, -0.2) is 4.68 Å². The summed E-state index contributed by atoms with van der Waals surface area (Å²) in [4.78, 5) is 62.9. The molecule has 0 bridgehead atoms. The second-order valence-corrected chi connectivity index (χ2v) is 21.7. The zero-order chi connectivity index (χ0) is 44.9. The van der Waals surface area contributed by atoms with E-state index in [1.165, 1.54) is 0 Å². The van der Waals surface area contributed by atoms with Crippen LogP contribution in [0.1, 0.15) is 117 Å². The number of nitrogens with zero attached hydrogens (tertiary/aromatic N) is 5. The van der Waals surface area contributed by atoms with Crippen LogP contribution in [-0.2, 0) is 45.7 Å². The Morgan fingerprint density at radius 1 is 0.806 bits per heavy atom. The molecule has 2 unspecified atom stereocenters. The van der Waals surface area contributed by atoms with E-state index in [1.807, 2.05) is 58.1 Å². The van der Waals surface area contributed by atoms with Crippen molar-refractivity contribution >= 4 is 38.6 Å². The number of aromatic nitrogens is 3. The molecular weight excluding hydrogens is 834 g/mol. The number of benzene rings is 2. The lowest BCUT2D eigenvalue weighted by Crippen LogP contribution is -2.37. The van der Waals surface area contributed by atoms with Crippen LogP contribution in [0, 0.1) is 0 Å². The van der Waals surface area contributed by atoms with Gasteiger partial charge < -0.3 is 39.1 Å². The average Bonchev–Trinajstić information content (AvgIpc) is 3.85. The van der Waals surface area contributed by atoms with Crippen molar-refractivity contribution in [3.05, 3.63) is 54.1 Å². The van der Waals surface area contributed by atoms with Crippen molar-refractivity contribution in [1.29, 1.82) is 0 Å². The van der Waals surface area contributed by atoms with Crippen molar-refractivity contribution in [2.75, 3.05) is 31.2 Å². The van der Waals surface area contributed by atoms with E-state index in [4.69, 9.17) is 9.05 Å². The zero-order valence-electron chi connectivity index (χ0n) is 36.7. The van der Waals surface area contributed by atoms with Crippen molar-refractivity contribution < 1.29 is 47.5 Å². The Bertz CT molecular complexity index is 2060. The lowest BCUT2D eigenvalue weighted by atomic mass is 9.95. The Morgan fingerprint density at radius 2 is 1.45 bits per heavy atom. The van der Waals surface area contributed by atoms with Gasteiger partial charge in [-0.2, -0.15) is 0 Å². The molecule has 2 aliphatic heterocycles. The molecule has 3 amide bonds. The van der Waals surface area contributed by atoms with E-state index in [0.29, 0.717) is 70.3 Å². The van der Waals surface area contributed by atoms with E-state index in [-0.39, 0.29) is 50.3 Å². The predicted molar refractivity (Wildman–Crippen MR) is 238 cm³/mol. The Kier molecular flexibility index (Phi) is 18.5. The zero-order valence-corrected chi connectivity index (χ0v) is 38.5. The monoisotopic (exact) mass is 900 g/mol. The summed E-state index contributed by atoms with van der Waals surface area (Å²) in [7, 11) is -7.36. The van der Waals surface area contributed by atoms with Gasteiger partial charge in [0, 0.05) is 50.0 Å². The van der Waals surface area contributed by atoms with Gasteiger partial charge in [-0.3, -0.25) is 23.5 Å². The van der Waals surface area contributed by atoms with Crippen LogP contribution in [0.25, 0.3) is 22.5 Å². The van der Waals surface area contributed by atoms with Gasteiger partial charge in [0.15, 0.2) is 0 Å². The molecule has 16 nitrogen and oxygen atoms in total.